The first kappa shape index (κ1) is 17.3. The third kappa shape index (κ3) is 4.13. The van der Waals surface area contributed by atoms with Crippen LogP contribution in [0.4, 0.5) is 0 Å². The summed E-state index contributed by atoms with van der Waals surface area (Å²) >= 11 is 0. The molecule has 2 heterocycles. The Bertz CT molecular complexity index is 674. The monoisotopic (exact) mass is 345 g/mol. The molecule has 6 nitrogen and oxygen atoms in total. The van der Waals surface area contributed by atoms with E-state index in [-0.39, 0.29) is 31.4 Å². The van der Waals surface area contributed by atoms with Gasteiger partial charge in [0.05, 0.1) is 0 Å². The van der Waals surface area contributed by atoms with E-state index in [1.165, 1.54) is 6.08 Å². The van der Waals surface area contributed by atoms with Crippen LogP contribution in [-0.4, -0.2) is 42.3 Å². The smallest absolute Gasteiger partial charge is 0.331 e. The lowest BCUT2D eigenvalue weighted by Crippen LogP contribution is -2.49. The van der Waals surface area contributed by atoms with Crippen molar-refractivity contribution >= 4 is 18.0 Å². The minimum atomic E-state index is -0.539. The zero-order chi connectivity index (χ0) is 17.8. The highest BCUT2D eigenvalue weighted by Gasteiger charge is 2.29. The Morgan fingerprint density at radius 2 is 1.92 bits per heavy atom. The van der Waals surface area contributed by atoms with Gasteiger partial charge in [0.25, 0.3) is 5.91 Å². The Kier molecular flexibility index (Phi) is 5.26. The highest BCUT2D eigenvalue weighted by Crippen LogP contribution is 2.32. The van der Waals surface area contributed by atoms with Crippen LogP contribution in [0.1, 0.15) is 38.7 Å². The van der Waals surface area contributed by atoms with E-state index in [1.807, 2.05) is 24.8 Å². The Labute approximate surface area is 147 Å². The summed E-state index contributed by atoms with van der Waals surface area (Å²) in [4.78, 5) is 26.0. The van der Waals surface area contributed by atoms with Gasteiger partial charge in [0.2, 0.25) is 6.79 Å². The van der Waals surface area contributed by atoms with E-state index >= 15 is 0 Å². The molecule has 1 fully saturated rings. The maximum atomic E-state index is 12.3. The number of esters is 1. The molecule has 0 radical (unpaired) electrons. The first-order chi connectivity index (χ1) is 12.0. The fourth-order valence-corrected chi connectivity index (χ4v) is 3.35. The topological polar surface area (TPSA) is 65.1 Å². The largest absolute Gasteiger partial charge is 0.454 e. The summed E-state index contributed by atoms with van der Waals surface area (Å²) in [5.41, 5.74) is 0.797. The first-order valence-corrected chi connectivity index (χ1v) is 8.60. The Hall–Kier alpha value is -2.50. The number of rotatable bonds is 4. The van der Waals surface area contributed by atoms with Gasteiger partial charge in [-0.2, -0.15) is 0 Å². The maximum absolute atomic E-state index is 12.3. The molecule has 0 spiro atoms. The normalized spacial score (nSPS) is 22.2. The van der Waals surface area contributed by atoms with E-state index in [9.17, 15) is 9.59 Å². The molecule has 6 heteroatoms. The molecule has 2 aliphatic heterocycles. The average Bonchev–Trinajstić information content (AvgIpc) is 3.05. The summed E-state index contributed by atoms with van der Waals surface area (Å²) in [5, 5.41) is 0. The molecule has 0 aromatic heterocycles. The highest BCUT2D eigenvalue weighted by molar-refractivity contribution is 5.89. The van der Waals surface area contributed by atoms with E-state index in [4.69, 9.17) is 14.2 Å². The van der Waals surface area contributed by atoms with Gasteiger partial charge in [-0.1, -0.05) is 6.07 Å². The minimum Gasteiger partial charge on any atom is -0.454 e. The summed E-state index contributed by atoms with van der Waals surface area (Å²) in [6.07, 6.45) is 6.06. The van der Waals surface area contributed by atoms with Crippen LogP contribution in [0.3, 0.4) is 0 Å². The number of likely N-dealkylation sites (tertiary alicyclic amines) is 1. The molecular formula is C19H23NO5. The lowest BCUT2D eigenvalue weighted by atomic mass is 9.97. The molecule has 0 saturated carbocycles. The van der Waals surface area contributed by atoms with Crippen LogP contribution in [-0.2, 0) is 14.3 Å². The van der Waals surface area contributed by atoms with Gasteiger partial charge in [-0.25, -0.2) is 4.79 Å². The van der Waals surface area contributed by atoms with Gasteiger partial charge in [0.1, 0.15) is 0 Å². The zero-order valence-electron chi connectivity index (χ0n) is 14.6. The minimum absolute atomic E-state index is 0.135. The predicted octanol–water partition coefficient (Wildman–Crippen LogP) is 2.76. The molecule has 1 saturated heterocycles. The Balaban J connectivity index is 1.51. The van der Waals surface area contributed by atoms with E-state index in [1.54, 1.807) is 18.2 Å². The lowest BCUT2D eigenvalue weighted by Gasteiger charge is -2.38. The molecule has 0 unspecified atom stereocenters. The van der Waals surface area contributed by atoms with Gasteiger partial charge in [0, 0.05) is 18.2 Å². The summed E-state index contributed by atoms with van der Waals surface area (Å²) in [6, 6.07) is 5.78. The average molecular weight is 345 g/mol. The van der Waals surface area contributed by atoms with Crippen LogP contribution in [0, 0.1) is 0 Å². The van der Waals surface area contributed by atoms with Crippen LogP contribution in [0.15, 0.2) is 24.3 Å². The quantitative estimate of drug-likeness (QED) is 0.620. The number of benzene rings is 1. The third-order valence-electron chi connectivity index (χ3n) is 4.63. The predicted molar refractivity (Wildman–Crippen MR) is 92.2 cm³/mol. The van der Waals surface area contributed by atoms with E-state index in [0.29, 0.717) is 11.5 Å². The molecular weight excluding hydrogens is 322 g/mol. The fourth-order valence-electron chi connectivity index (χ4n) is 3.35. The molecule has 25 heavy (non-hydrogen) atoms. The number of hydrogen-bond acceptors (Lipinski definition) is 5. The number of ether oxygens (including phenoxy) is 3. The molecule has 1 amide bonds. The van der Waals surface area contributed by atoms with Crippen molar-refractivity contribution in [3.63, 3.8) is 0 Å². The highest BCUT2D eigenvalue weighted by atomic mass is 16.7. The van der Waals surface area contributed by atoms with Gasteiger partial charge < -0.3 is 19.1 Å². The van der Waals surface area contributed by atoms with Gasteiger partial charge in [-0.05, 0) is 56.9 Å². The Morgan fingerprint density at radius 3 is 2.68 bits per heavy atom. The molecule has 0 bridgehead atoms. The van der Waals surface area contributed by atoms with Gasteiger partial charge in [0.15, 0.2) is 18.1 Å². The van der Waals surface area contributed by atoms with Crippen molar-refractivity contribution in [3.8, 4) is 11.5 Å². The number of piperidine rings is 1. The summed E-state index contributed by atoms with van der Waals surface area (Å²) in [5.74, 6) is 0.668. The first-order valence-electron chi connectivity index (χ1n) is 8.60. The third-order valence-corrected chi connectivity index (χ3v) is 4.63. The summed E-state index contributed by atoms with van der Waals surface area (Å²) < 4.78 is 15.6. The number of carbonyl (C=O) groups excluding carboxylic acids is 2. The van der Waals surface area contributed by atoms with Crippen molar-refractivity contribution in [2.24, 2.45) is 0 Å². The fraction of sp³-hybridized carbons (Fsp3) is 0.474. The molecule has 2 atom stereocenters. The van der Waals surface area contributed by atoms with Gasteiger partial charge in [-0.3, -0.25) is 4.79 Å². The van der Waals surface area contributed by atoms with Crippen LogP contribution < -0.4 is 9.47 Å². The zero-order valence-corrected chi connectivity index (χ0v) is 14.6. The van der Waals surface area contributed by atoms with Gasteiger partial charge >= 0.3 is 5.97 Å². The molecule has 0 aliphatic carbocycles. The molecule has 3 rings (SSSR count). The Morgan fingerprint density at radius 1 is 1.20 bits per heavy atom. The molecule has 1 aromatic rings. The lowest BCUT2D eigenvalue weighted by molar-refractivity contribution is -0.151. The number of amides is 1. The van der Waals surface area contributed by atoms with Crippen molar-refractivity contribution in [1.82, 2.24) is 4.90 Å². The second-order valence-electron chi connectivity index (χ2n) is 6.48. The molecule has 0 N–H and O–H groups in total. The molecule has 2 aliphatic rings. The number of carbonyl (C=O) groups is 2. The summed E-state index contributed by atoms with van der Waals surface area (Å²) in [7, 11) is 0. The van der Waals surface area contributed by atoms with Crippen molar-refractivity contribution < 1.29 is 23.8 Å². The van der Waals surface area contributed by atoms with Crippen LogP contribution >= 0.6 is 0 Å². The second kappa shape index (κ2) is 7.59. The van der Waals surface area contributed by atoms with Crippen molar-refractivity contribution in [2.45, 2.75) is 45.2 Å². The standard InChI is InChI=1S/C19H23NO5/c1-13-4-3-5-14(2)20(13)18(21)11-23-19(22)9-7-15-6-8-16-17(10-15)25-12-24-16/h6-10,13-14H,3-5,11-12H2,1-2H3/b9-7+/t13-,14-/m1/s1. The SMILES string of the molecule is C[C@@H]1CCC[C@@H](C)N1C(=O)COC(=O)/C=C/c1ccc2c(c1)OCO2. The number of hydrogen-bond donors (Lipinski definition) is 0. The molecule has 1 aromatic carbocycles. The summed E-state index contributed by atoms with van der Waals surface area (Å²) in [6.45, 7) is 4.06. The molecule has 134 valence electrons. The van der Waals surface area contributed by atoms with Gasteiger partial charge in [-0.15, -0.1) is 0 Å². The van der Waals surface area contributed by atoms with Crippen molar-refractivity contribution in [3.05, 3.63) is 29.8 Å². The van der Waals surface area contributed by atoms with E-state index in [2.05, 4.69) is 0 Å². The van der Waals surface area contributed by atoms with Crippen LogP contribution in [0.5, 0.6) is 11.5 Å². The van der Waals surface area contributed by atoms with E-state index < -0.39 is 5.97 Å². The maximum Gasteiger partial charge on any atom is 0.331 e. The number of fused-ring (bicyclic) bond motifs is 1. The van der Waals surface area contributed by atoms with Crippen LogP contribution in [0.25, 0.3) is 6.08 Å². The van der Waals surface area contributed by atoms with Crippen molar-refractivity contribution in [2.75, 3.05) is 13.4 Å². The van der Waals surface area contributed by atoms with Crippen molar-refractivity contribution in [1.29, 1.82) is 0 Å². The van der Waals surface area contributed by atoms with Crippen LogP contribution in [0.2, 0.25) is 0 Å². The second-order valence-corrected chi connectivity index (χ2v) is 6.48. The van der Waals surface area contributed by atoms with E-state index in [0.717, 1.165) is 24.8 Å². The number of nitrogens with zero attached hydrogens (tertiary/aromatic N) is 1.